The Morgan fingerprint density at radius 3 is 2.45 bits per heavy atom. The van der Waals surface area contributed by atoms with Crippen LogP contribution in [0.5, 0.6) is 0 Å². The number of hydrogen-bond donors (Lipinski definition) is 1. The first-order chi connectivity index (χ1) is 9.76. The molecule has 3 aliphatic rings. The monoisotopic (exact) mass is 296 g/mol. The molecule has 0 aromatic heterocycles. The Morgan fingerprint density at radius 1 is 1.15 bits per heavy atom. The van der Waals surface area contributed by atoms with Gasteiger partial charge in [-0.1, -0.05) is 19.8 Å². The standard InChI is InChI=1S/C17H32N2S/c1-3-14-12-18-17(10-4-5-11-17)13-19(14)15-6-8-16(20-2)9-7-15/h14-16,18H,3-13H2,1-2H3. The molecule has 3 heteroatoms. The van der Waals surface area contributed by atoms with Gasteiger partial charge in [-0.15, -0.1) is 0 Å². The van der Waals surface area contributed by atoms with Gasteiger partial charge >= 0.3 is 0 Å². The highest BCUT2D eigenvalue weighted by molar-refractivity contribution is 7.99. The summed E-state index contributed by atoms with van der Waals surface area (Å²) in [5.74, 6) is 0. The molecule has 2 saturated carbocycles. The number of hydrogen-bond acceptors (Lipinski definition) is 3. The SMILES string of the molecule is CCC1CNC2(CCCC2)CN1C1CCC(SC)CC1. The van der Waals surface area contributed by atoms with E-state index in [2.05, 4.69) is 35.2 Å². The summed E-state index contributed by atoms with van der Waals surface area (Å²) in [6.45, 7) is 4.94. The van der Waals surface area contributed by atoms with Crippen LogP contribution in [0.15, 0.2) is 0 Å². The Morgan fingerprint density at radius 2 is 1.85 bits per heavy atom. The van der Waals surface area contributed by atoms with Crippen LogP contribution in [0.25, 0.3) is 0 Å². The Bertz CT molecular complexity index is 306. The molecule has 116 valence electrons. The van der Waals surface area contributed by atoms with E-state index in [1.165, 1.54) is 70.9 Å². The molecular formula is C17H32N2S. The topological polar surface area (TPSA) is 15.3 Å². The average molecular weight is 297 g/mol. The van der Waals surface area contributed by atoms with Crippen molar-refractivity contribution in [2.75, 3.05) is 19.3 Å². The first-order valence-corrected chi connectivity index (χ1v) is 10.1. The highest BCUT2D eigenvalue weighted by Crippen LogP contribution is 2.37. The molecular weight excluding hydrogens is 264 g/mol. The number of nitrogens with one attached hydrogen (secondary N) is 1. The zero-order chi connectivity index (χ0) is 14.0. The maximum atomic E-state index is 3.94. The van der Waals surface area contributed by atoms with E-state index < -0.39 is 0 Å². The van der Waals surface area contributed by atoms with Crippen molar-refractivity contribution in [2.24, 2.45) is 0 Å². The van der Waals surface area contributed by atoms with E-state index in [1.54, 1.807) is 0 Å². The van der Waals surface area contributed by atoms with E-state index in [9.17, 15) is 0 Å². The molecule has 1 atom stereocenters. The fourth-order valence-electron chi connectivity index (χ4n) is 4.79. The van der Waals surface area contributed by atoms with E-state index in [0.29, 0.717) is 5.54 Å². The second kappa shape index (κ2) is 6.58. The van der Waals surface area contributed by atoms with Crippen LogP contribution in [-0.2, 0) is 0 Å². The summed E-state index contributed by atoms with van der Waals surface area (Å²) in [5, 5.41) is 4.88. The molecule has 2 nitrogen and oxygen atoms in total. The Hall–Kier alpha value is 0.270. The van der Waals surface area contributed by atoms with Crippen molar-refractivity contribution in [3.8, 4) is 0 Å². The average Bonchev–Trinajstić information content (AvgIpc) is 2.95. The van der Waals surface area contributed by atoms with E-state index in [-0.39, 0.29) is 0 Å². The third kappa shape index (κ3) is 3.05. The molecule has 1 heterocycles. The lowest BCUT2D eigenvalue weighted by atomic mass is 9.86. The Balaban J connectivity index is 1.65. The number of thioether (sulfide) groups is 1. The van der Waals surface area contributed by atoms with Crippen molar-refractivity contribution in [1.29, 1.82) is 0 Å². The van der Waals surface area contributed by atoms with Gasteiger partial charge in [0.25, 0.3) is 0 Å². The largest absolute Gasteiger partial charge is 0.308 e. The van der Waals surface area contributed by atoms with Crippen LogP contribution in [0.1, 0.15) is 64.7 Å². The third-order valence-corrected chi connectivity index (χ3v) is 7.28. The number of piperazine rings is 1. The summed E-state index contributed by atoms with van der Waals surface area (Å²) in [4.78, 5) is 2.93. The highest BCUT2D eigenvalue weighted by atomic mass is 32.2. The second-order valence-corrected chi connectivity index (χ2v) is 8.41. The van der Waals surface area contributed by atoms with E-state index in [4.69, 9.17) is 0 Å². The fraction of sp³-hybridized carbons (Fsp3) is 1.00. The summed E-state index contributed by atoms with van der Waals surface area (Å²) in [7, 11) is 0. The van der Waals surface area contributed by atoms with Gasteiger partial charge in [0.2, 0.25) is 0 Å². The molecule has 0 bridgehead atoms. The van der Waals surface area contributed by atoms with Crippen LogP contribution in [0.3, 0.4) is 0 Å². The lowest BCUT2D eigenvalue weighted by Gasteiger charge is -2.50. The molecule has 1 saturated heterocycles. The van der Waals surface area contributed by atoms with Gasteiger partial charge in [0.1, 0.15) is 0 Å². The predicted octanol–water partition coefficient (Wildman–Crippen LogP) is 3.66. The van der Waals surface area contributed by atoms with Crippen LogP contribution >= 0.6 is 11.8 Å². The van der Waals surface area contributed by atoms with Crippen LogP contribution in [0.4, 0.5) is 0 Å². The quantitative estimate of drug-likeness (QED) is 0.855. The molecule has 0 radical (unpaired) electrons. The number of rotatable bonds is 3. The minimum absolute atomic E-state index is 0.488. The Labute approximate surface area is 129 Å². The lowest BCUT2D eigenvalue weighted by molar-refractivity contribution is 0.0273. The maximum absolute atomic E-state index is 3.94. The summed E-state index contributed by atoms with van der Waals surface area (Å²) in [6, 6.07) is 1.67. The van der Waals surface area contributed by atoms with Gasteiger partial charge in [-0.05, 0) is 51.2 Å². The summed E-state index contributed by atoms with van der Waals surface area (Å²) in [5.41, 5.74) is 0.488. The Kier molecular flexibility index (Phi) is 4.99. The normalized spacial score (nSPS) is 38.4. The van der Waals surface area contributed by atoms with Gasteiger partial charge in [0.05, 0.1) is 0 Å². The molecule has 3 fully saturated rings. The van der Waals surface area contributed by atoms with Gasteiger partial charge in [-0.2, -0.15) is 11.8 Å². The van der Waals surface area contributed by atoms with Crippen molar-refractivity contribution < 1.29 is 0 Å². The number of nitrogens with zero attached hydrogens (tertiary/aromatic N) is 1. The molecule has 3 rings (SSSR count). The molecule has 1 spiro atoms. The van der Waals surface area contributed by atoms with Crippen molar-refractivity contribution in [1.82, 2.24) is 10.2 Å². The second-order valence-electron chi connectivity index (χ2n) is 7.27. The van der Waals surface area contributed by atoms with Crippen molar-refractivity contribution in [3.05, 3.63) is 0 Å². The minimum atomic E-state index is 0.488. The molecule has 1 unspecified atom stereocenters. The zero-order valence-corrected chi connectivity index (χ0v) is 14.2. The maximum Gasteiger partial charge on any atom is 0.0309 e. The van der Waals surface area contributed by atoms with Crippen LogP contribution in [-0.4, -0.2) is 47.1 Å². The van der Waals surface area contributed by atoms with Crippen molar-refractivity contribution in [3.63, 3.8) is 0 Å². The van der Waals surface area contributed by atoms with E-state index in [0.717, 1.165) is 17.3 Å². The molecule has 20 heavy (non-hydrogen) atoms. The fourth-order valence-corrected chi connectivity index (χ4v) is 5.53. The summed E-state index contributed by atoms with van der Waals surface area (Å²) >= 11 is 2.09. The summed E-state index contributed by atoms with van der Waals surface area (Å²) in [6.07, 6.45) is 15.1. The van der Waals surface area contributed by atoms with Crippen molar-refractivity contribution in [2.45, 2.75) is 87.6 Å². The van der Waals surface area contributed by atoms with Crippen LogP contribution in [0, 0.1) is 0 Å². The van der Waals surface area contributed by atoms with E-state index in [1.807, 2.05) is 0 Å². The minimum Gasteiger partial charge on any atom is -0.308 e. The van der Waals surface area contributed by atoms with Gasteiger partial charge < -0.3 is 5.32 Å². The summed E-state index contributed by atoms with van der Waals surface area (Å²) < 4.78 is 0. The lowest BCUT2D eigenvalue weighted by Crippen LogP contribution is -2.65. The molecule has 0 aromatic rings. The van der Waals surface area contributed by atoms with Crippen molar-refractivity contribution >= 4 is 11.8 Å². The molecule has 2 aliphatic carbocycles. The first kappa shape index (κ1) is 15.2. The van der Waals surface area contributed by atoms with E-state index >= 15 is 0 Å². The van der Waals surface area contributed by atoms with Gasteiger partial charge in [-0.25, -0.2) is 0 Å². The zero-order valence-electron chi connectivity index (χ0n) is 13.4. The van der Waals surface area contributed by atoms with Gasteiger partial charge in [0, 0.05) is 36.0 Å². The van der Waals surface area contributed by atoms with Crippen LogP contribution < -0.4 is 5.32 Å². The highest BCUT2D eigenvalue weighted by Gasteiger charge is 2.43. The predicted molar refractivity (Wildman–Crippen MR) is 89.5 cm³/mol. The smallest absolute Gasteiger partial charge is 0.0309 e. The first-order valence-electron chi connectivity index (χ1n) is 8.80. The van der Waals surface area contributed by atoms with Crippen LogP contribution in [0.2, 0.25) is 0 Å². The van der Waals surface area contributed by atoms with Gasteiger partial charge in [-0.3, -0.25) is 4.90 Å². The third-order valence-electron chi connectivity index (χ3n) is 6.14. The molecule has 0 aromatic carbocycles. The van der Waals surface area contributed by atoms with Gasteiger partial charge in [0.15, 0.2) is 0 Å². The molecule has 1 N–H and O–H groups in total. The molecule has 0 amide bonds. The molecule has 1 aliphatic heterocycles.